The normalized spacial score (nSPS) is 10.2. The molecule has 1 amide bonds. The summed E-state index contributed by atoms with van der Waals surface area (Å²) >= 11 is 9.06. The SMILES string of the molecule is COc1ccc(Br)cc1NC(=O)c1cc(Cl)ccc1F. The number of hydrogen-bond acceptors (Lipinski definition) is 2. The lowest BCUT2D eigenvalue weighted by molar-refractivity contribution is 0.102. The highest BCUT2D eigenvalue weighted by molar-refractivity contribution is 9.10. The number of hydrogen-bond donors (Lipinski definition) is 1. The highest BCUT2D eigenvalue weighted by atomic mass is 79.9. The van der Waals surface area contributed by atoms with Gasteiger partial charge in [-0.25, -0.2) is 4.39 Å². The van der Waals surface area contributed by atoms with Gasteiger partial charge in [-0.05, 0) is 36.4 Å². The van der Waals surface area contributed by atoms with Crippen molar-refractivity contribution < 1.29 is 13.9 Å². The molecule has 2 rings (SSSR count). The number of nitrogens with one attached hydrogen (secondary N) is 1. The van der Waals surface area contributed by atoms with Crippen molar-refractivity contribution in [1.29, 1.82) is 0 Å². The summed E-state index contributed by atoms with van der Waals surface area (Å²) < 4.78 is 19.5. The monoisotopic (exact) mass is 357 g/mol. The number of rotatable bonds is 3. The van der Waals surface area contributed by atoms with E-state index in [-0.39, 0.29) is 10.6 Å². The van der Waals surface area contributed by atoms with Gasteiger partial charge >= 0.3 is 0 Å². The maximum Gasteiger partial charge on any atom is 0.258 e. The second kappa shape index (κ2) is 6.24. The Morgan fingerprint density at radius 1 is 1.30 bits per heavy atom. The van der Waals surface area contributed by atoms with Crippen molar-refractivity contribution in [2.45, 2.75) is 0 Å². The van der Waals surface area contributed by atoms with Crippen LogP contribution in [0.15, 0.2) is 40.9 Å². The summed E-state index contributed by atoms with van der Waals surface area (Å²) in [6.07, 6.45) is 0. The van der Waals surface area contributed by atoms with Crippen molar-refractivity contribution in [2.24, 2.45) is 0 Å². The van der Waals surface area contributed by atoms with Crippen LogP contribution in [0.5, 0.6) is 5.75 Å². The van der Waals surface area contributed by atoms with Crippen molar-refractivity contribution in [1.82, 2.24) is 0 Å². The first kappa shape index (κ1) is 14.8. The summed E-state index contributed by atoms with van der Waals surface area (Å²) in [6, 6.07) is 8.93. The number of benzene rings is 2. The van der Waals surface area contributed by atoms with Crippen molar-refractivity contribution >= 4 is 39.1 Å². The van der Waals surface area contributed by atoms with Gasteiger partial charge in [-0.3, -0.25) is 4.79 Å². The summed E-state index contributed by atoms with van der Waals surface area (Å²) in [5, 5.41) is 2.88. The van der Waals surface area contributed by atoms with Gasteiger partial charge in [0.2, 0.25) is 0 Å². The van der Waals surface area contributed by atoms with Crippen LogP contribution in [0.1, 0.15) is 10.4 Å². The molecule has 20 heavy (non-hydrogen) atoms. The van der Waals surface area contributed by atoms with Gasteiger partial charge in [-0.1, -0.05) is 27.5 Å². The number of methoxy groups -OCH3 is 1. The van der Waals surface area contributed by atoms with Crippen molar-refractivity contribution in [3.05, 3.63) is 57.3 Å². The predicted molar refractivity (Wildman–Crippen MR) is 80.1 cm³/mol. The minimum absolute atomic E-state index is 0.125. The smallest absolute Gasteiger partial charge is 0.258 e. The topological polar surface area (TPSA) is 38.3 Å². The average Bonchev–Trinajstić information content (AvgIpc) is 2.41. The maximum absolute atomic E-state index is 13.6. The van der Waals surface area contributed by atoms with E-state index in [1.807, 2.05) is 0 Å². The first-order chi connectivity index (χ1) is 9.51. The fourth-order valence-electron chi connectivity index (χ4n) is 1.64. The first-order valence-electron chi connectivity index (χ1n) is 5.61. The quantitative estimate of drug-likeness (QED) is 0.877. The van der Waals surface area contributed by atoms with Gasteiger partial charge in [-0.15, -0.1) is 0 Å². The van der Waals surface area contributed by atoms with Crippen LogP contribution in [0.25, 0.3) is 0 Å². The van der Waals surface area contributed by atoms with E-state index in [2.05, 4.69) is 21.2 Å². The fourth-order valence-corrected chi connectivity index (χ4v) is 2.17. The number of halogens is 3. The van der Waals surface area contributed by atoms with E-state index in [0.717, 1.165) is 10.5 Å². The van der Waals surface area contributed by atoms with Gasteiger partial charge in [0.1, 0.15) is 11.6 Å². The molecule has 0 atom stereocenters. The van der Waals surface area contributed by atoms with Crippen LogP contribution in [0.3, 0.4) is 0 Å². The molecule has 0 fully saturated rings. The largest absolute Gasteiger partial charge is 0.495 e. The summed E-state index contributed by atoms with van der Waals surface area (Å²) in [4.78, 5) is 12.1. The minimum atomic E-state index is -0.638. The molecule has 0 unspecified atom stereocenters. The van der Waals surface area contributed by atoms with E-state index in [1.165, 1.54) is 19.2 Å². The van der Waals surface area contributed by atoms with Gasteiger partial charge < -0.3 is 10.1 Å². The zero-order valence-corrected chi connectivity index (χ0v) is 12.8. The van der Waals surface area contributed by atoms with Crippen LogP contribution in [0.4, 0.5) is 10.1 Å². The summed E-state index contributed by atoms with van der Waals surface area (Å²) in [5.41, 5.74) is 0.311. The van der Waals surface area contributed by atoms with Crippen LogP contribution in [0.2, 0.25) is 5.02 Å². The first-order valence-corrected chi connectivity index (χ1v) is 6.78. The van der Waals surface area contributed by atoms with E-state index in [1.54, 1.807) is 18.2 Å². The van der Waals surface area contributed by atoms with Gasteiger partial charge in [0.25, 0.3) is 5.91 Å². The summed E-state index contributed by atoms with van der Waals surface area (Å²) in [5.74, 6) is -0.758. The summed E-state index contributed by atoms with van der Waals surface area (Å²) in [6.45, 7) is 0. The molecule has 0 saturated carbocycles. The number of carbonyl (C=O) groups is 1. The molecule has 0 aromatic heterocycles. The van der Waals surface area contributed by atoms with Gasteiger partial charge in [0.05, 0.1) is 18.4 Å². The van der Waals surface area contributed by atoms with Crippen LogP contribution >= 0.6 is 27.5 Å². The Morgan fingerprint density at radius 3 is 2.75 bits per heavy atom. The molecule has 0 spiro atoms. The number of anilines is 1. The van der Waals surface area contributed by atoms with Crippen LogP contribution in [0, 0.1) is 5.82 Å². The molecule has 0 bridgehead atoms. The summed E-state index contributed by atoms with van der Waals surface area (Å²) in [7, 11) is 1.48. The van der Waals surface area contributed by atoms with E-state index >= 15 is 0 Å². The second-order valence-corrected chi connectivity index (χ2v) is 5.28. The lowest BCUT2D eigenvalue weighted by Gasteiger charge is -2.11. The maximum atomic E-state index is 13.6. The molecule has 6 heteroatoms. The van der Waals surface area contributed by atoms with Crippen LogP contribution in [-0.4, -0.2) is 13.0 Å². The Labute approximate surface area is 128 Å². The molecular weight excluding hydrogens is 349 g/mol. The Morgan fingerprint density at radius 2 is 2.05 bits per heavy atom. The predicted octanol–water partition coefficient (Wildman–Crippen LogP) is 4.50. The fraction of sp³-hybridized carbons (Fsp3) is 0.0714. The number of carbonyl (C=O) groups excluding carboxylic acids is 1. The highest BCUT2D eigenvalue weighted by Gasteiger charge is 2.14. The molecule has 0 aliphatic rings. The Bertz CT molecular complexity index is 664. The van der Waals surface area contributed by atoms with Crippen molar-refractivity contribution in [2.75, 3.05) is 12.4 Å². The standard InChI is InChI=1S/C14H10BrClFNO2/c1-20-13-5-2-8(15)6-12(13)18-14(19)10-7-9(16)3-4-11(10)17/h2-7H,1H3,(H,18,19). The Balaban J connectivity index is 2.32. The molecular formula is C14H10BrClFNO2. The van der Waals surface area contributed by atoms with E-state index in [0.29, 0.717) is 11.4 Å². The molecule has 0 aliphatic heterocycles. The number of amides is 1. The van der Waals surface area contributed by atoms with E-state index < -0.39 is 11.7 Å². The molecule has 0 radical (unpaired) electrons. The minimum Gasteiger partial charge on any atom is -0.495 e. The van der Waals surface area contributed by atoms with Gasteiger partial charge in [0, 0.05) is 9.50 Å². The molecule has 0 heterocycles. The molecule has 0 aliphatic carbocycles. The average molecular weight is 359 g/mol. The lowest BCUT2D eigenvalue weighted by Crippen LogP contribution is -2.14. The highest BCUT2D eigenvalue weighted by Crippen LogP contribution is 2.28. The molecule has 3 nitrogen and oxygen atoms in total. The number of ether oxygens (including phenoxy) is 1. The van der Waals surface area contributed by atoms with Crippen LogP contribution in [-0.2, 0) is 0 Å². The molecule has 0 saturated heterocycles. The zero-order valence-electron chi connectivity index (χ0n) is 10.4. The van der Waals surface area contributed by atoms with E-state index in [4.69, 9.17) is 16.3 Å². The van der Waals surface area contributed by atoms with Crippen molar-refractivity contribution in [3.63, 3.8) is 0 Å². The third kappa shape index (κ3) is 3.29. The molecule has 2 aromatic rings. The van der Waals surface area contributed by atoms with E-state index in [9.17, 15) is 9.18 Å². The third-order valence-electron chi connectivity index (χ3n) is 2.58. The molecule has 1 N–H and O–H groups in total. The second-order valence-electron chi connectivity index (χ2n) is 3.92. The Hall–Kier alpha value is -1.59. The molecule has 2 aromatic carbocycles. The zero-order chi connectivity index (χ0) is 14.7. The molecule has 104 valence electrons. The van der Waals surface area contributed by atoms with Gasteiger partial charge in [0.15, 0.2) is 0 Å². The van der Waals surface area contributed by atoms with Crippen LogP contribution < -0.4 is 10.1 Å². The Kier molecular flexibility index (Phi) is 4.62. The van der Waals surface area contributed by atoms with Gasteiger partial charge in [-0.2, -0.15) is 0 Å². The lowest BCUT2D eigenvalue weighted by atomic mass is 10.2. The van der Waals surface area contributed by atoms with Crippen molar-refractivity contribution in [3.8, 4) is 5.75 Å². The third-order valence-corrected chi connectivity index (χ3v) is 3.31.